The van der Waals surface area contributed by atoms with Gasteiger partial charge in [-0.2, -0.15) is 19.9 Å². The van der Waals surface area contributed by atoms with Gasteiger partial charge in [0, 0.05) is 18.0 Å². The van der Waals surface area contributed by atoms with Crippen LogP contribution in [0.25, 0.3) is 17.2 Å². The molecule has 0 unspecified atom stereocenters. The van der Waals surface area contributed by atoms with Crippen LogP contribution in [0, 0.1) is 0 Å². The van der Waals surface area contributed by atoms with Crippen LogP contribution in [-0.4, -0.2) is 29.9 Å². The summed E-state index contributed by atoms with van der Waals surface area (Å²) < 4.78 is 1.75. The van der Waals surface area contributed by atoms with Gasteiger partial charge < -0.3 is 0 Å². The van der Waals surface area contributed by atoms with Crippen LogP contribution >= 0.6 is 0 Å². The van der Waals surface area contributed by atoms with Gasteiger partial charge in [0.2, 0.25) is 5.95 Å². The molecular formula is C12H12N6. The van der Waals surface area contributed by atoms with Gasteiger partial charge in [0.1, 0.15) is 6.33 Å². The first kappa shape index (κ1) is 10.6. The highest BCUT2D eigenvalue weighted by molar-refractivity contribution is 5.60. The van der Waals surface area contributed by atoms with Gasteiger partial charge in [0.25, 0.3) is 0 Å². The highest BCUT2D eigenvalue weighted by atomic mass is 15.4. The molecule has 3 aromatic rings. The molecule has 6 heteroatoms. The number of hydrogen-bond donors (Lipinski definition) is 1. The molecule has 0 aliphatic rings. The molecule has 0 aromatic carbocycles. The number of H-pyrrole nitrogens is 1. The SMILES string of the molecule is CCc1cc(-c2cccnc2)n(-c2ncn[nH]2)n1. The van der Waals surface area contributed by atoms with Crippen LogP contribution in [0.3, 0.4) is 0 Å². The van der Waals surface area contributed by atoms with Gasteiger partial charge in [-0.3, -0.25) is 4.98 Å². The fourth-order valence-electron chi connectivity index (χ4n) is 1.79. The monoisotopic (exact) mass is 240 g/mol. The van der Waals surface area contributed by atoms with Crippen molar-refractivity contribution in [1.82, 2.24) is 29.9 Å². The maximum Gasteiger partial charge on any atom is 0.246 e. The van der Waals surface area contributed by atoms with Gasteiger partial charge in [-0.1, -0.05) is 6.92 Å². The Morgan fingerprint density at radius 3 is 3.00 bits per heavy atom. The number of nitrogens with one attached hydrogen (secondary N) is 1. The largest absolute Gasteiger partial charge is 0.264 e. The van der Waals surface area contributed by atoms with Crippen molar-refractivity contribution >= 4 is 0 Å². The number of pyridine rings is 1. The zero-order chi connectivity index (χ0) is 12.4. The predicted molar refractivity (Wildman–Crippen MR) is 66.1 cm³/mol. The number of rotatable bonds is 3. The molecule has 3 rings (SSSR count). The van der Waals surface area contributed by atoms with Crippen LogP contribution in [-0.2, 0) is 6.42 Å². The standard InChI is InChI=1S/C12H12N6/c1-2-10-6-11(9-4-3-5-13-7-9)18(17-10)12-14-8-15-16-12/h3-8H,2H2,1H3,(H,14,15,16). The van der Waals surface area contributed by atoms with Crippen molar-refractivity contribution in [2.45, 2.75) is 13.3 Å². The summed E-state index contributed by atoms with van der Waals surface area (Å²) in [4.78, 5) is 8.26. The van der Waals surface area contributed by atoms with Crippen LogP contribution in [0.1, 0.15) is 12.6 Å². The first-order valence-electron chi connectivity index (χ1n) is 5.73. The molecule has 0 radical (unpaired) electrons. The normalized spacial score (nSPS) is 10.7. The van der Waals surface area contributed by atoms with Crippen LogP contribution in [0.4, 0.5) is 0 Å². The lowest BCUT2D eigenvalue weighted by molar-refractivity contribution is 0.795. The first-order valence-corrected chi connectivity index (χ1v) is 5.73. The predicted octanol–water partition coefficient (Wildman–Crippen LogP) is 1.61. The molecule has 0 saturated heterocycles. The molecule has 0 bridgehead atoms. The van der Waals surface area contributed by atoms with Crippen molar-refractivity contribution in [2.24, 2.45) is 0 Å². The summed E-state index contributed by atoms with van der Waals surface area (Å²) in [6.45, 7) is 2.07. The highest BCUT2D eigenvalue weighted by Crippen LogP contribution is 2.21. The average molecular weight is 240 g/mol. The molecule has 0 aliphatic carbocycles. The molecule has 1 N–H and O–H groups in total. The Balaban J connectivity index is 2.17. The molecule has 3 heterocycles. The third kappa shape index (κ3) is 1.77. The third-order valence-electron chi connectivity index (χ3n) is 2.68. The number of aromatic nitrogens is 6. The lowest BCUT2D eigenvalue weighted by Gasteiger charge is -2.02. The van der Waals surface area contributed by atoms with E-state index < -0.39 is 0 Å². The molecule has 0 atom stereocenters. The summed E-state index contributed by atoms with van der Waals surface area (Å²) in [5, 5.41) is 11.2. The minimum Gasteiger partial charge on any atom is -0.264 e. The van der Waals surface area contributed by atoms with Crippen LogP contribution < -0.4 is 0 Å². The van der Waals surface area contributed by atoms with E-state index in [0.717, 1.165) is 23.4 Å². The number of aromatic amines is 1. The molecule has 0 aliphatic heterocycles. The highest BCUT2D eigenvalue weighted by Gasteiger charge is 2.12. The second kappa shape index (κ2) is 4.40. The van der Waals surface area contributed by atoms with Crippen molar-refractivity contribution in [2.75, 3.05) is 0 Å². The Labute approximate surface area is 104 Å². The smallest absolute Gasteiger partial charge is 0.246 e. The van der Waals surface area contributed by atoms with E-state index >= 15 is 0 Å². The van der Waals surface area contributed by atoms with Crippen LogP contribution in [0.5, 0.6) is 0 Å². The quantitative estimate of drug-likeness (QED) is 0.755. The van der Waals surface area contributed by atoms with Gasteiger partial charge in [-0.25, -0.2) is 5.10 Å². The molecular weight excluding hydrogens is 228 g/mol. The Hall–Kier alpha value is -2.50. The maximum absolute atomic E-state index is 4.50. The van der Waals surface area contributed by atoms with E-state index in [-0.39, 0.29) is 0 Å². The number of nitrogens with zero attached hydrogens (tertiary/aromatic N) is 5. The van der Waals surface area contributed by atoms with E-state index in [9.17, 15) is 0 Å². The van der Waals surface area contributed by atoms with Crippen LogP contribution in [0.2, 0.25) is 0 Å². The van der Waals surface area contributed by atoms with Crippen molar-refractivity contribution in [3.63, 3.8) is 0 Å². The molecule has 0 spiro atoms. The second-order valence-electron chi connectivity index (χ2n) is 3.84. The van der Waals surface area contributed by atoms with Gasteiger partial charge in [0.05, 0.1) is 11.4 Å². The summed E-state index contributed by atoms with van der Waals surface area (Å²) in [5.41, 5.74) is 2.96. The molecule has 0 amide bonds. The Morgan fingerprint density at radius 1 is 1.39 bits per heavy atom. The Morgan fingerprint density at radius 2 is 2.33 bits per heavy atom. The minimum atomic E-state index is 0.605. The van der Waals surface area contributed by atoms with E-state index in [4.69, 9.17) is 0 Å². The lowest BCUT2D eigenvalue weighted by Crippen LogP contribution is -2.02. The van der Waals surface area contributed by atoms with E-state index in [1.807, 2.05) is 24.4 Å². The summed E-state index contributed by atoms with van der Waals surface area (Å²) in [7, 11) is 0. The Bertz CT molecular complexity index is 626. The molecule has 0 saturated carbocycles. The maximum atomic E-state index is 4.50. The first-order chi connectivity index (χ1) is 8.88. The molecule has 90 valence electrons. The van der Waals surface area contributed by atoms with Gasteiger partial charge in [0.15, 0.2) is 0 Å². The minimum absolute atomic E-state index is 0.605. The summed E-state index contributed by atoms with van der Waals surface area (Å²) in [6.07, 6.45) is 5.90. The number of hydrogen-bond acceptors (Lipinski definition) is 4. The van der Waals surface area contributed by atoms with Crippen molar-refractivity contribution in [1.29, 1.82) is 0 Å². The van der Waals surface area contributed by atoms with Crippen LogP contribution in [0.15, 0.2) is 36.9 Å². The molecule has 6 nitrogen and oxygen atoms in total. The van der Waals surface area contributed by atoms with E-state index in [1.54, 1.807) is 10.9 Å². The number of aryl methyl sites for hydroxylation is 1. The molecule has 3 aromatic heterocycles. The van der Waals surface area contributed by atoms with Gasteiger partial charge >= 0.3 is 0 Å². The summed E-state index contributed by atoms with van der Waals surface area (Å²) in [5.74, 6) is 0.605. The van der Waals surface area contributed by atoms with E-state index in [1.165, 1.54) is 6.33 Å². The zero-order valence-electron chi connectivity index (χ0n) is 9.91. The lowest BCUT2D eigenvalue weighted by atomic mass is 10.2. The van der Waals surface area contributed by atoms with Gasteiger partial charge in [-0.05, 0) is 24.6 Å². The topological polar surface area (TPSA) is 72.3 Å². The van der Waals surface area contributed by atoms with E-state index in [2.05, 4.69) is 32.2 Å². The zero-order valence-corrected chi connectivity index (χ0v) is 9.91. The van der Waals surface area contributed by atoms with Crippen molar-refractivity contribution < 1.29 is 0 Å². The molecule has 0 fully saturated rings. The summed E-state index contributed by atoms with van der Waals surface area (Å²) in [6, 6.07) is 5.94. The van der Waals surface area contributed by atoms with Crippen molar-refractivity contribution in [3.8, 4) is 17.2 Å². The average Bonchev–Trinajstić information content (AvgIpc) is 3.08. The Kier molecular flexibility index (Phi) is 2.60. The fraction of sp³-hybridized carbons (Fsp3) is 0.167. The van der Waals surface area contributed by atoms with Gasteiger partial charge in [-0.15, -0.1) is 0 Å². The molecule has 18 heavy (non-hydrogen) atoms. The second-order valence-corrected chi connectivity index (χ2v) is 3.84. The van der Waals surface area contributed by atoms with Crippen molar-refractivity contribution in [3.05, 3.63) is 42.6 Å². The fourth-order valence-corrected chi connectivity index (χ4v) is 1.79. The summed E-state index contributed by atoms with van der Waals surface area (Å²) >= 11 is 0. The third-order valence-corrected chi connectivity index (χ3v) is 2.68. The van der Waals surface area contributed by atoms with E-state index in [0.29, 0.717) is 5.95 Å².